The van der Waals surface area contributed by atoms with Gasteiger partial charge in [-0.15, -0.1) is 34.8 Å². The molecule has 4 nitrogen and oxygen atoms in total. The number of rotatable bonds is 3. The standard InChI is InChI=1S/C33H23N3O.Pt/c1-36-29-15-8-14-27(32(29)35-33(36)26-13-6-7-16-30(26)37)31-25-12-5-4-11-23(25)20-28(34-31)24-18-17-21-9-2-3-10-22(21)19-24;/h2-17,19-20,33H,1H3,(H-,34,35,37);/q-2;+2. The van der Waals surface area contributed by atoms with Crippen LogP contribution in [0.3, 0.4) is 0 Å². The number of benzene rings is 5. The molecule has 1 aromatic heterocycles. The minimum absolute atomic E-state index is 0. The number of pyridine rings is 1. The molecule has 1 unspecified atom stereocenters. The average Bonchev–Trinajstić information content (AvgIpc) is 3.28. The summed E-state index contributed by atoms with van der Waals surface area (Å²) in [6.45, 7) is 0. The summed E-state index contributed by atoms with van der Waals surface area (Å²) in [5.74, 6) is 0.245. The van der Waals surface area contributed by atoms with Gasteiger partial charge in [-0.25, -0.2) is 0 Å². The molecule has 1 aliphatic rings. The molecular formula is C33H23N3OPt. The molecule has 38 heavy (non-hydrogen) atoms. The molecule has 7 rings (SSSR count). The van der Waals surface area contributed by atoms with Crippen LogP contribution in [0.25, 0.3) is 49.4 Å². The van der Waals surface area contributed by atoms with Gasteiger partial charge in [-0.2, -0.15) is 0 Å². The summed E-state index contributed by atoms with van der Waals surface area (Å²) in [5, 5.41) is 20.1. The summed E-state index contributed by atoms with van der Waals surface area (Å²) in [5.41, 5.74) is 6.38. The van der Waals surface area contributed by atoms with Gasteiger partial charge >= 0.3 is 21.1 Å². The number of hydrogen-bond acceptors (Lipinski definition) is 3. The fraction of sp³-hybridized carbons (Fsp3) is 0.0606. The predicted octanol–water partition coefficient (Wildman–Crippen LogP) is 8.38. The van der Waals surface area contributed by atoms with E-state index in [4.69, 9.17) is 10.3 Å². The third-order valence-corrected chi connectivity index (χ3v) is 7.18. The molecule has 0 spiro atoms. The van der Waals surface area contributed by atoms with Gasteiger partial charge in [-0.05, 0) is 40.5 Å². The van der Waals surface area contributed by atoms with Crippen molar-refractivity contribution in [1.82, 2.24) is 4.98 Å². The van der Waals surface area contributed by atoms with Crippen molar-refractivity contribution in [3.8, 4) is 28.3 Å². The minimum Gasteiger partial charge on any atom is -0.659 e. The monoisotopic (exact) mass is 672 g/mol. The molecule has 0 aliphatic carbocycles. The number of anilines is 1. The second-order valence-electron chi connectivity index (χ2n) is 9.40. The molecule has 186 valence electrons. The van der Waals surface area contributed by atoms with Gasteiger partial charge in [0.25, 0.3) is 0 Å². The van der Waals surface area contributed by atoms with E-state index in [0.717, 1.165) is 61.0 Å². The number of phenols is 1. The molecule has 0 saturated carbocycles. The number of aromatic hydroxyl groups is 1. The van der Waals surface area contributed by atoms with Crippen LogP contribution < -0.4 is 4.90 Å². The number of nitrogens with zero attached hydrogens (tertiary/aromatic N) is 3. The molecule has 5 aromatic carbocycles. The van der Waals surface area contributed by atoms with Crippen LogP contribution in [0.4, 0.5) is 11.4 Å². The first-order chi connectivity index (χ1) is 18.2. The van der Waals surface area contributed by atoms with E-state index in [-0.39, 0.29) is 33.0 Å². The molecule has 0 bridgehead atoms. The van der Waals surface area contributed by atoms with Gasteiger partial charge in [-0.3, -0.25) is 4.98 Å². The average molecular weight is 673 g/mol. The zero-order valence-electron chi connectivity index (χ0n) is 20.6. The Balaban J connectivity index is 0.00000264. The van der Waals surface area contributed by atoms with Crippen molar-refractivity contribution in [3.05, 3.63) is 126 Å². The van der Waals surface area contributed by atoms with Crippen LogP contribution in [-0.2, 0) is 21.1 Å². The van der Waals surface area contributed by atoms with Gasteiger partial charge in [0, 0.05) is 18.1 Å². The van der Waals surface area contributed by atoms with Crippen molar-refractivity contribution in [2.45, 2.75) is 6.17 Å². The van der Waals surface area contributed by atoms with Gasteiger partial charge in [0.1, 0.15) is 5.75 Å². The van der Waals surface area contributed by atoms with Crippen molar-refractivity contribution < 1.29 is 26.2 Å². The molecule has 0 radical (unpaired) electrons. The Morgan fingerprint density at radius 1 is 0.816 bits per heavy atom. The number of hydrogen-bond donors (Lipinski definition) is 1. The molecular weight excluding hydrogens is 649 g/mol. The van der Waals surface area contributed by atoms with Gasteiger partial charge in [0.05, 0.1) is 5.69 Å². The molecule has 6 aromatic rings. The summed E-state index contributed by atoms with van der Waals surface area (Å²) < 4.78 is 0. The van der Waals surface area contributed by atoms with Crippen molar-refractivity contribution in [2.75, 3.05) is 11.9 Å². The Kier molecular flexibility index (Phi) is 6.13. The van der Waals surface area contributed by atoms with Crippen LogP contribution in [0.2, 0.25) is 0 Å². The van der Waals surface area contributed by atoms with Gasteiger partial charge in [-0.1, -0.05) is 90.3 Å². The van der Waals surface area contributed by atoms with Crippen LogP contribution >= 0.6 is 0 Å². The Bertz CT molecular complexity index is 1820. The van der Waals surface area contributed by atoms with Crippen molar-refractivity contribution in [3.63, 3.8) is 0 Å². The Morgan fingerprint density at radius 3 is 2.39 bits per heavy atom. The van der Waals surface area contributed by atoms with Crippen LogP contribution in [0.15, 0.2) is 109 Å². The van der Waals surface area contributed by atoms with E-state index in [1.54, 1.807) is 6.07 Å². The van der Waals surface area contributed by atoms with Gasteiger partial charge in [0.15, 0.2) is 0 Å². The molecule has 2 heterocycles. The topological polar surface area (TPSA) is 50.5 Å². The normalized spacial score (nSPS) is 14.2. The fourth-order valence-corrected chi connectivity index (χ4v) is 5.28. The molecule has 0 saturated heterocycles. The number of para-hydroxylation sites is 2. The first kappa shape index (κ1) is 24.2. The van der Waals surface area contributed by atoms with E-state index in [0.29, 0.717) is 0 Å². The van der Waals surface area contributed by atoms with Crippen LogP contribution in [0.5, 0.6) is 5.75 Å². The molecule has 1 atom stereocenters. The number of aromatic nitrogens is 1. The minimum atomic E-state index is -0.305. The maximum Gasteiger partial charge on any atom is 2.00 e. The van der Waals surface area contributed by atoms with Crippen LogP contribution in [0, 0.1) is 6.07 Å². The third-order valence-electron chi connectivity index (χ3n) is 7.18. The summed E-state index contributed by atoms with van der Waals surface area (Å²) in [6, 6.07) is 40.0. The first-order valence-electron chi connectivity index (χ1n) is 12.3. The molecule has 0 amide bonds. The predicted molar refractivity (Wildman–Crippen MR) is 151 cm³/mol. The maximum absolute atomic E-state index is 10.5. The Morgan fingerprint density at radius 2 is 1.55 bits per heavy atom. The van der Waals surface area contributed by atoms with E-state index in [1.165, 1.54) is 0 Å². The molecule has 1 aliphatic heterocycles. The van der Waals surface area contributed by atoms with Gasteiger partial charge in [0.2, 0.25) is 0 Å². The summed E-state index contributed by atoms with van der Waals surface area (Å²) in [4.78, 5) is 7.32. The first-order valence-corrected chi connectivity index (χ1v) is 12.3. The summed E-state index contributed by atoms with van der Waals surface area (Å²) in [7, 11) is 2.02. The second-order valence-corrected chi connectivity index (χ2v) is 9.40. The van der Waals surface area contributed by atoms with Crippen molar-refractivity contribution >= 4 is 32.9 Å². The molecule has 0 fully saturated rings. The second kappa shape index (κ2) is 9.63. The van der Waals surface area contributed by atoms with E-state index in [9.17, 15) is 5.11 Å². The van der Waals surface area contributed by atoms with Crippen molar-refractivity contribution in [2.24, 2.45) is 0 Å². The van der Waals surface area contributed by atoms with E-state index < -0.39 is 0 Å². The van der Waals surface area contributed by atoms with E-state index >= 15 is 0 Å². The Hall–Kier alpha value is -4.14. The van der Waals surface area contributed by atoms with E-state index in [2.05, 4.69) is 77.7 Å². The zero-order valence-corrected chi connectivity index (χ0v) is 22.8. The quantitative estimate of drug-likeness (QED) is 0.192. The maximum atomic E-state index is 10.5. The van der Waals surface area contributed by atoms with Crippen LogP contribution in [0.1, 0.15) is 11.7 Å². The van der Waals surface area contributed by atoms with E-state index in [1.807, 2.05) is 43.4 Å². The zero-order chi connectivity index (χ0) is 24.9. The molecule has 5 heteroatoms. The summed E-state index contributed by atoms with van der Waals surface area (Å²) in [6.07, 6.45) is -0.305. The van der Waals surface area contributed by atoms with Crippen molar-refractivity contribution in [1.29, 1.82) is 0 Å². The SMILES string of the molecule is CN1c2cccc(-c3nc(-c4[c-]cc5ccccc5c4)cc4ccccc34)c2[N-]C1c1ccccc1O.[Pt+2]. The summed E-state index contributed by atoms with van der Waals surface area (Å²) >= 11 is 0. The Labute approximate surface area is 235 Å². The smallest absolute Gasteiger partial charge is 0.659 e. The largest absolute Gasteiger partial charge is 2.00 e. The number of phenolic OH excluding ortho intramolecular Hbond substituents is 1. The van der Waals surface area contributed by atoms with Gasteiger partial charge < -0.3 is 15.3 Å². The fourth-order valence-electron chi connectivity index (χ4n) is 5.28. The number of fused-ring (bicyclic) bond motifs is 3. The third kappa shape index (κ3) is 3.93. The molecule has 1 N–H and O–H groups in total. The van der Waals surface area contributed by atoms with Crippen LogP contribution in [-0.4, -0.2) is 17.1 Å².